The highest BCUT2D eigenvalue weighted by Gasteiger charge is 2.18. The zero-order valence-electron chi connectivity index (χ0n) is 13.1. The van der Waals surface area contributed by atoms with E-state index in [1.54, 1.807) is 15.8 Å². The van der Waals surface area contributed by atoms with E-state index in [1.807, 2.05) is 12.1 Å². The van der Waals surface area contributed by atoms with Crippen molar-refractivity contribution in [3.8, 4) is 0 Å². The summed E-state index contributed by atoms with van der Waals surface area (Å²) in [5, 5.41) is 8.14. The van der Waals surface area contributed by atoms with Crippen molar-refractivity contribution in [3.63, 3.8) is 0 Å². The average Bonchev–Trinajstić information content (AvgIpc) is 3.03. The Labute approximate surface area is 134 Å². The lowest BCUT2D eigenvalue weighted by molar-refractivity contribution is 0.0246. The van der Waals surface area contributed by atoms with Gasteiger partial charge in [0, 0.05) is 13.1 Å². The molecule has 1 fully saturated rings. The van der Waals surface area contributed by atoms with Gasteiger partial charge in [0.05, 0.1) is 26.0 Å². The summed E-state index contributed by atoms with van der Waals surface area (Å²) in [6, 6.07) is 8.15. The monoisotopic (exact) mass is 316 g/mol. The van der Waals surface area contributed by atoms with Gasteiger partial charge in [-0.25, -0.2) is 9.48 Å². The highest BCUT2D eigenvalue weighted by atomic mass is 16.6. The third-order valence-corrected chi connectivity index (χ3v) is 3.79. The van der Waals surface area contributed by atoms with Gasteiger partial charge in [-0.2, -0.15) is 0 Å². The summed E-state index contributed by atoms with van der Waals surface area (Å²) < 4.78 is 12.2. The molecule has 1 amide bonds. The molecule has 1 aliphatic heterocycles. The van der Waals surface area contributed by atoms with Gasteiger partial charge in [-0.05, 0) is 18.1 Å². The molecule has 1 aromatic carbocycles. The van der Waals surface area contributed by atoms with Gasteiger partial charge in [0.25, 0.3) is 0 Å². The molecule has 0 radical (unpaired) electrons. The molecule has 1 aromatic heterocycles. The summed E-state index contributed by atoms with van der Waals surface area (Å²) in [5.74, 6) is 0. The maximum Gasteiger partial charge on any atom is 0.410 e. The summed E-state index contributed by atoms with van der Waals surface area (Å²) in [4.78, 5) is 13.5. The zero-order valence-corrected chi connectivity index (χ0v) is 13.1. The Morgan fingerprint density at radius 3 is 2.87 bits per heavy atom. The fourth-order valence-corrected chi connectivity index (χ4v) is 2.42. The van der Waals surface area contributed by atoms with E-state index in [4.69, 9.17) is 9.47 Å². The standard InChI is InChI=1S/C16H20N4O3/c1-13-4-2-3-5-14(13)10-20-11-15(17-18-20)12-23-16(21)19-6-8-22-9-7-19/h2-5,11H,6-10,12H2,1H3. The molecule has 23 heavy (non-hydrogen) atoms. The van der Waals surface area contributed by atoms with Gasteiger partial charge in [-0.15, -0.1) is 5.10 Å². The van der Waals surface area contributed by atoms with E-state index >= 15 is 0 Å². The maximum absolute atomic E-state index is 11.9. The van der Waals surface area contributed by atoms with E-state index in [0.717, 1.165) is 0 Å². The topological polar surface area (TPSA) is 69.5 Å². The van der Waals surface area contributed by atoms with Crippen LogP contribution in [0.15, 0.2) is 30.5 Å². The Morgan fingerprint density at radius 1 is 1.30 bits per heavy atom. The molecular formula is C16H20N4O3. The highest BCUT2D eigenvalue weighted by molar-refractivity contribution is 5.67. The number of aromatic nitrogens is 3. The largest absolute Gasteiger partial charge is 0.443 e. The molecule has 2 aromatic rings. The first-order valence-electron chi connectivity index (χ1n) is 7.65. The lowest BCUT2D eigenvalue weighted by atomic mass is 10.1. The van der Waals surface area contributed by atoms with Crippen molar-refractivity contribution in [1.82, 2.24) is 19.9 Å². The molecule has 0 N–H and O–H groups in total. The molecule has 3 rings (SSSR count). The molecule has 0 saturated carbocycles. The van der Waals surface area contributed by atoms with E-state index in [2.05, 4.69) is 29.4 Å². The third-order valence-electron chi connectivity index (χ3n) is 3.79. The van der Waals surface area contributed by atoms with Gasteiger partial charge in [0.2, 0.25) is 0 Å². The van der Waals surface area contributed by atoms with E-state index < -0.39 is 0 Å². The number of ether oxygens (including phenoxy) is 2. The minimum atomic E-state index is -0.332. The van der Waals surface area contributed by atoms with E-state index in [1.165, 1.54) is 11.1 Å². The van der Waals surface area contributed by atoms with Crippen LogP contribution in [0, 0.1) is 6.92 Å². The Bertz CT molecular complexity index is 665. The Morgan fingerprint density at radius 2 is 2.09 bits per heavy atom. The molecule has 1 saturated heterocycles. The van der Waals surface area contributed by atoms with Crippen molar-refractivity contribution in [2.24, 2.45) is 0 Å². The number of morpholine rings is 1. The van der Waals surface area contributed by atoms with Crippen LogP contribution in [0.5, 0.6) is 0 Å². The minimum absolute atomic E-state index is 0.129. The van der Waals surface area contributed by atoms with Crippen LogP contribution in [-0.2, 0) is 22.6 Å². The summed E-state index contributed by atoms with van der Waals surface area (Å²) in [6.45, 7) is 5.10. The molecule has 0 aliphatic carbocycles. The number of amides is 1. The Kier molecular flexibility index (Phi) is 4.87. The highest BCUT2D eigenvalue weighted by Crippen LogP contribution is 2.09. The van der Waals surface area contributed by atoms with Crippen molar-refractivity contribution in [3.05, 3.63) is 47.3 Å². The van der Waals surface area contributed by atoms with Gasteiger partial charge in [0.1, 0.15) is 12.3 Å². The molecule has 0 spiro atoms. The molecule has 0 unspecified atom stereocenters. The summed E-state index contributed by atoms with van der Waals surface area (Å²) in [6.07, 6.45) is 1.47. The smallest absolute Gasteiger partial charge is 0.410 e. The summed E-state index contributed by atoms with van der Waals surface area (Å²) in [7, 11) is 0. The van der Waals surface area contributed by atoms with Gasteiger partial charge >= 0.3 is 6.09 Å². The van der Waals surface area contributed by atoms with Crippen molar-refractivity contribution in [2.45, 2.75) is 20.1 Å². The number of rotatable bonds is 4. The van der Waals surface area contributed by atoms with Crippen LogP contribution >= 0.6 is 0 Å². The lowest BCUT2D eigenvalue weighted by Gasteiger charge is -2.25. The predicted molar refractivity (Wildman–Crippen MR) is 82.9 cm³/mol. The van der Waals surface area contributed by atoms with E-state index in [-0.39, 0.29) is 12.7 Å². The first-order valence-corrected chi connectivity index (χ1v) is 7.65. The van der Waals surface area contributed by atoms with E-state index in [9.17, 15) is 4.79 Å². The molecular weight excluding hydrogens is 296 g/mol. The second kappa shape index (κ2) is 7.23. The fourth-order valence-electron chi connectivity index (χ4n) is 2.42. The average molecular weight is 316 g/mol. The van der Waals surface area contributed by atoms with Crippen molar-refractivity contribution < 1.29 is 14.3 Å². The molecule has 0 atom stereocenters. The predicted octanol–water partition coefficient (Wildman–Crippen LogP) is 1.60. The molecule has 1 aliphatic rings. The maximum atomic E-state index is 11.9. The number of hydrogen-bond acceptors (Lipinski definition) is 5. The molecule has 7 heteroatoms. The normalized spacial score (nSPS) is 14.7. The second-order valence-electron chi connectivity index (χ2n) is 5.49. The third kappa shape index (κ3) is 4.07. The summed E-state index contributed by atoms with van der Waals surface area (Å²) in [5.41, 5.74) is 3.04. The SMILES string of the molecule is Cc1ccccc1Cn1cc(COC(=O)N2CCOCC2)nn1. The summed E-state index contributed by atoms with van der Waals surface area (Å²) >= 11 is 0. The fraction of sp³-hybridized carbons (Fsp3) is 0.438. The number of carbonyl (C=O) groups excluding carboxylic acids is 1. The van der Waals surface area contributed by atoms with Crippen molar-refractivity contribution in [2.75, 3.05) is 26.3 Å². The Hall–Kier alpha value is -2.41. The molecule has 122 valence electrons. The van der Waals surface area contributed by atoms with Crippen molar-refractivity contribution in [1.29, 1.82) is 0 Å². The van der Waals surface area contributed by atoms with Crippen molar-refractivity contribution >= 4 is 6.09 Å². The number of carbonyl (C=O) groups is 1. The van der Waals surface area contributed by atoms with Gasteiger partial charge in [0.15, 0.2) is 0 Å². The number of benzene rings is 1. The van der Waals surface area contributed by atoms with E-state index in [0.29, 0.717) is 38.5 Å². The van der Waals surface area contributed by atoms with Crippen LogP contribution in [-0.4, -0.2) is 52.3 Å². The number of aryl methyl sites for hydroxylation is 1. The first kappa shape index (κ1) is 15.5. The van der Waals surface area contributed by atoms with Gasteiger partial charge in [-0.3, -0.25) is 0 Å². The van der Waals surface area contributed by atoms with Crippen LogP contribution in [0.2, 0.25) is 0 Å². The Balaban J connectivity index is 1.53. The number of hydrogen-bond donors (Lipinski definition) is 0. The van der Waals surface area contributed by atoms with Crippen LogP contribution in [0.1, 0.15) is 16.8 Å². The van der Waals surface area contributed by atoms with Gasteiger partial charge in [-0.1, -0.05) is 29.5 Å². The molecule has 0 bridgehead atoms. The lowest BCUT2D eigenvalue weighted by Crippen LogP contribution is -2.40. The van der Waals surface area contributed by atoms with Crippen LogP contribution in [0.4, 0.5) is 4.79 Å². The second-order valence-corrected chi connectivity index (χ2v) is 5.49. The van der Waals surface area contributed by atoms with Gasteiger partial charge < -0.3 is 14.4 Å². The first-order chi connectivity index (χ1) is 11.2. The zero-order chi connectivity index (χ0) is 16.1. The van der Waals surface area contributed by atoms with Crippen LogP contribution < -0.4 is 0 Å². The molecule has 2 heterocycles. The number of nitrogens with zero attached hydrogens (tertiary/aromatic N) is 4. The van der Waals surface area contributed by atoms with Crippen LogP contribution in [0.25, 0.3) is 0 Å². The van der Waals surface area contributed by atoms with Crippen LogP contribution in [0.3, 0.4) is 0 Å². The molecule has 7 nitrogen and oxygen atoms in total. The minimum Gasteiger partial charge on any atom is -0.443 e. The quantitative estimate of drug-likeness (QED) is 0.857.